The maximum Gasteiger partial charge on any atom is 0.237 e. The van der Waals surface area contributed by atoms with Gasteiger partial charge >= 0.3 is 0 Å². The zero-order chi connectivity index (χ0) is 12.4. The first-order valence-corrected chi connectivity index (χ1v) is 7.41. The zero-order valence-corrected chi connectivity index (χ0v) is 10.6. The van der Waals surface area contributed by atoms with Crippen LogP contribution >= 0.6 is 0 Å². The van der Waals surface area contributed by atoms with E-state index in [1.54, 1.807) is 0 Å². The van der Waals surface area contributed by atoms with E-state index in [0.29, 0.717) is 0 Å². The summed E-state index contributed by atoms with van der Waals surface area (Å²) in [5.41, 5.74) is 4.56. The third-order valence-corrected chi connectivity index (χ3v) is 4.94. The van der Waals surface area contributed by atoms with E-state index < -0.39 is 21.3 Å². The lowest BCUT2D eigenvalue weighted by Gasteiger charge is -2.37. The molecule has 16 heavy (non-hydrogen) atoms. The summed E-state index contributed by atoms with van der Waals surface area (Å²) in [7, 11) is -2.98. The van der Waals surface area contributed by atoms with Gasteiger partial charge in [0.05, 0.1) is 17.0 Å². The first-order chi connectivity index (χ1) is 7.31. The molecule has 3 N–H and O–H groups in total. The van der Waals surface area contributed by atoms with Gasteiger partial charge in [0.15, 0.2) is 0 Å². The van der Waals surface area contributed by atoms with Gasteiger partial charge in [-0.1, -0.05) is 6.92 Å². The van der Waals surface area contributed by atoms with Gasteiger partial charge in [-0.05, 0) is 26.2 Å². The molecule has 5 nitrogen and oxygen atoms in total. The fourth-order valence-corrected chi connectivity index (χ4v) is 3.45. The normalized spacial score (nSPS) is 24.9. The first kappa shape index (κ1) is 13.4. The van der Waals surface area contributed by atoms with Crippen molar-refractivity contribution in [2.75, 3.05) is 11.5 Å². The van der Waals surface area contributed by atoms with Crippen LogP contribution in [0, 0.1) is 0 Å². The summed E-state index contributed by atoms with van der Waals surface area (Å²) in [6.45, 7) is 3.97. The number of nitrogens with one attached hydrogen (secondary N) is 1. The summed E-state index contributed by atoms with van der Waals surface area (Å²) < 4.78 is 22.7. The van der Waals surface area contributed by atoms with Crippen molar-refractivity contribution in [3.8, 4) is 0 Å². The van der Waals surface area contributed by atoms with Crippen LogP contribution < -0.4 is 11.1 Å². The predicted octanol–water partition coefficient (Wildman–Crippen LogP) is -0.193. The molecular formula is C10H20N2O3S. The van der Waals surface area contributed by atoms with Crippen molar-refractivity contribution < 1.29 is 13.2 Å². The third-order valence-electron chi connectivity index (χ3n) is 3.29. The fraction of sp³-hybridized carbons (Fsp3) is 0.900. The number of primary amides is 1. The molecule has 0 radical (unpaired) electrons. The Kier molecular flexibility index (Phi) is 3.96. The maximum absolute atomic E-state index is 11.5. The Morgan fingerprint density at radius 2 is 1.94 bits per heavy atom. The van der Waals surface area contributed by atoms with Crippen LogP contribution in [0.2, 0.25) is 0 Å². The van der Waals surface area contributed by atoms with Gasteiger partial charge in [-0.3, -0.25) is 4.79 Å². The van der Waals surface area contributed by atoms with E-state index >= 15 is 0 Å². The van der Waals surface area contributed by atoms with Crippen molar-refractivity contribution >= 4 is 15.7 Å². The summed E-state index contributed by atoms with van der Waals surface area (Å²) in [6, 6.07) is 0.160. The topological polar surface area (TPSA) is 89.3 Å². The number of nitrogens with two attached hydrogens (primary N) is 1. The first-order valence-electron chi connectivity index (χ1n) is 5.59. The predicted molar refractivity (Wildman–Crippen MR) is 62.7 cm³/mol. The van der Waals surface area contributed by atoms with Crippen molar-refractivity contribution in [3.63, 3.8) is 0 Å². The summed E-state index contributed by atoms with van der Waals surface area (Å²) in [6.07, 6.45) is 1.45. The van der Waals surface area contributed by atoms with Crippen molar-refractivity contribution in [1.29, 1.82) is 0 Å². The average Bonchev–Trinajstić information content (AvgIpc) is 2.21. The van der Waals surface area contributed by atoms with E-state index in [4.69, 9.17) is 5.73 Å². The molecule has 1 rings (SSSR count). The lowest BCUT2D eigenvalue weighted by Crippen LogP contribution is -2.61. The maximum atomic E-state index is 11.5. The van der Waals surface area contributed by atoms with Crippen LogP contribution in [0.3, 0.4) is 0 Å². The second-order valence-electron chi connectivity index (χ2n) is 4.55. The summed E-state index contributed by atoms with van der Waals surface area (Å²) in [4.78, 5) is 11.5. The van der Waals surface area contributed by atoms with E-state index in [9.17, 15) is 13.2 Å². The van der Waals surface area contributed by atoms with E-state index in [1.807, 2.05) is 13.8 Å². The summed E-state index contributed by atoms with van der Waals surface area (Å²) >= 11 is 0. The SMILES string of the molecule is CCC(C)NC1(C(N)=O)CCS(=O)(=O)CC1. The molecule has 1 aliphatic heterocycles. The Morgan fingerprint density at radius 1 is 1.44 bits per heavy atom. The van der Waals surface area contributed by atoms with Crippen molar-refractivity contribution in [2.45, 2.75) is 44.7 Å². The number of hydrogen-bond donors (Lipinski definition) is 2. The molecule has 1 heterocycles. The second kappa shape index (κ2) is 4.71. The van der Waals surface area contributed by atoms with Crippen LogP contribution in [0.4, 0.5) is 0 Å². The average molecular weight is 248 g/mol. The molecule has 0 aromatic carbocycles. The minimum atomic E-state index is -2.98. The molecule has 1 saturated heterocycles. The Balaban J connectivity index is 2.80. The van der Waals surface area contributed by atoms with Crippen LogP contribution in [-0.2, 0) is 14.6 Å². The van der Waals surface area contributed by atoms with Crippen LogP contribution in [0.15, 0.2) is 0 Å². The highest BCUT2D eigenvalue weighted by Gasteiger charge is 2.42. The minimum Gasteiger partial charge on any atom is -0.368 e. The van der Waals surface area contributed by atoms with Crippen LogP contribution in [0.1, 0.15) is 33.1 Å². The zero-order valence-electron chi connectivity index (χ0n) is 9.82. The lowest BCUT2D eigenvalue weighted by molar-refractivity contribution is -0.125. The van der Waals surface area contributed by atoms with Crippen molar-refractivity contribution in [2.24, 2.45) is 5.73 Å². The van der Waals surface area contributed by atoms with E-state index in [-0.39, 0.29) is 30.4 Å². The number of amides is 1. The van der Waals surface area contributed by atoms with Crippen LogP contribution in [-0.4, -0.2) is 37.4 Å². The number of carbonyl (C=O) groups is 1. The third kappa shape index (κ3) is 2.95. The van der Waals surface area contributed by atoms with Crippen molar-refractivity contribution in [3.05, 3.63) is 0 Å². The summed E-state index contributed by atoms with van der Waals surface area (Å²) in [5, 5.41) is 3.18. The van der Waals surface area contributed by atoms with Crippen LogP contribution in [0.5, 0.6) is 0 Å². The van der Waals surface area contributed by atoms with Gasteiger partial charge < -0.3 is 11.1 Å². The number of rotatable bonds is 4. The highest BCUT2D eigenvalue weighted by molar-refractivity contribution is 7.91. The molecule has 0 spiro atoms. The Bertz CT molecular complexity index is 350. The van der Waals surface area contributed by atoms with Gasteiger partial charge in [0.1, 0.15) is 9.84 Å². The smallest absolute Gasteiger partial charge is 0.237 e. The molecule has 0 aliphatic carbocycles. The molecule has 1 atom stereocenters. The fourth-order valence-electron chi connectivity index (χ4n) is 1.92. The Labute approximate surface area is 96.7 Å². The number of sulfone groups is 1. The standard InChI is InChI=1S/C10H20N2O3S/c1-3-8(2)12-10(9(11)13)4-6-16(14,15)7-5-10/h8,12H,3-7H2,1-2H3,(H2,11,13). The Hall–Kier alpha value is -0.620. The molecule has 0 aromatic rings. The molecule has 0 bridgehead atoms. The molecule has 94 valence electrons. The second-order valence-corrected chi connectivity index (χ2v) is 6.86. The Morgan fingerprint density at radius 3 is 2.31 bits per heavy atom. The van der Waals surface area contributed by atoms with Gasteiger partial charge in [0.25, 0.3) is 0 Å². The van der Waals surface area contributed by atoms with Gasteiger partial charge in [-0.25, -0.2) is 8.42 Å². The molecule has 1 amide bonds. The number of carbonyl (C=O) groups excluding carboxylic acids is 1. The molecule has 0 saturated carbocycles. The molecule has 1 fully saturated rings. The largest absolute Gasteiger partial charge is 0.368 e. The molecular weight excluding hydrogens is 228 g/mol. The van der Waals surface area contributed by atoms with Gasteiger partial charge in [0.2, 0.25) is 5.91 Å². The quantitative estimate of drug-likeness (QED) is 0.721. The van der Waals surface area contributed by atoms with Gasteiger partial charge in [0, 0.05) is 6.04 Å². The minimum absolute atomic E-state index is 0.0410. The van der Waals surface area contributed by atoms with E-state index in [1.165, 1.54) is 0 Å². The highest BCUT2D eigenvalue weighted by atomic mass is 32.2. The lowest BCUT2D eigenvalue weighted by atomic mass is 9.90. The molecule has 6 heteroatoms. The van der Waals surface area contributed by atoms with E-state index in [2.05, 4.69) is 5.32 Å². The molecule has 1 aliphatic rings. The van der Waals surface area contributed by atoms with Gasteiger partial charge in [-0.2, -0.15) is 0 Å². The molecule has 1 unspecified atom stereocenters. The van der Waals surface area contributed by atoms with Gasteiger partial charge in [-0.15, -0.1) is 0 Å². The van der Waals surface area contributed by atoms with Crippen LogP contribution in [0.25, 0.3) is 0 Å². The summed E-state index contributed by atoms with van der Waals surface area (Å²) in [5.74, 6) is -0.360. The number of hydrogen-bond acceptors (Lipinski definition) is 4. The van der Waals surface area contributed by atoms with E-state index in [0.717, 1.165) is 6.42 Å². The monoisotopic (exact) mass is 248 g/mol. The molecule has 0 aromatic heterocycles. The van der Waals surface area contributed by atoms with Crippen molar-refractivity contribution in [1.82, 2.24) is 5.32 Å². The highest BCUT2D eigenvalue weighted by Crippen LogP contribution is 2.24.